The molecule has 0 atom stereocenters. The second-order valence-corrected chi connectivity index (χ2v) is 5.32. The first-order valence-corrected chi connectivity index (χ1v) is 8.19. The van der Waals surface area contributed by atoms with Crippen LogP contribution in [-0.4, -0.2) is 25.0 Å². The molecule has 0 unspecified atom stereocenters. The molecule has 0 aliphatic rings. The molecule has 7 heteroatoms. The minimum Gasteiger partial charge on any atom is -0.490 e. The highest BCUT2D eigenvalue weighted by Gasteiger charge is 2.16. The van der Waals surface area contributed by atoms with Gasteiger partial charge >= 0.3 is 11.8 Å². The fourth-order valence-corrected chi connectivity index (χ4v) is 2.24. The second-order valence-electron chi connectivity index (χ2n) is 4.92. The predicted octanol–water partition coefficient (Wildman–Crippen LogP) is 3.71. The largest absolute Gasteiger partial charge is 0.490 e. The second kappa shape index (κ2) is 8.94. The molecular weight excluding hydrogens is 344 g/mol. The van der Waals surface area contributed by atoms with E-state index in [2.05, 4.69) is 10.6 Å². The maximum Gasteiger partial charge on any atom is 0.314 e. The Kier molecular flexibility index (Phi) is 6.65. The van der Waals surface area contributed by atoms with Gasteiger partial charge in [-0.25, -0.2) is 0 Å². The fourth-order valence-electron chi connectivity index (χ4n) is 2.06. The van der Waals surface area contributed by atoms with E-state index in [9.17, 15) is 9.59 Å². The van der Waals surface area contributed by atoms with Gasteiger partial charge in [0.25, 0.3) is 0 Å². The molecule has 2 amide bonds. The number of hydrogen-bond donors (Lipinski definition) is 2. The molecule has 132 valence electrons. The summed E-state index contributed by atoms with van der Waals surface area (Å²) in [5.74, 6) is -0.567. The van der Waals surface area contributed by atoms with E-state index < -0.39 is 11.8 Å². The van der Waals surface area contributed by atoms with Crippen LogP contribution < -0.4 is 20.1 Å². The molecule has 25 heavy (non-hydrogen) atoms. The molecule has 0 saturated carbocycles. The van der Waals surface area contributed by atoms with E-state index >= 15 is 0 Å². The van der Waals surface area contributed by atoms with Crippen molar-refractivity contribution in [2.24, 2.45) is 0 Å². The SMILES string of the molecule is CCOc1ccc(NC(=O)C(=O)Nc2ccccc2Cl)cc1OCC. The molecule has 0 heterocycles. The molecule has 2 aromatic carbocycles. The van der Waals surface area contributed by atoms with Crippen molar-refractivity contribution in [1.82, 2.24) is 0 Å². The summed E-state index contributed by atoms with van der Waals surface area (Å²) in [6.45, 7) is 4.65. The molecule has 0 fully saturated rings. The van der Waals surface area contributed by atoms with Crippen LogP contribution in [0.25, 0.3) is 0 Å². The smallest absolute Gasteiger partial charge is 0.314 e. The number of carbonyl (C=O) groups excluding carboxylic acids is 2. The van der Waals surface area contributed by atoms with E-state index in [0.29, 0.717) is 41.1 Å². The van der Waals surface area contributed by atoms with Crippen LogP contribution in [0.15, 0.2) is 42.5 Å². The third kappa shape index (κ3) is 5.12. The van der Waals surface area contributed by atoms with Crippen LogP contribution in [0.3, 0.4) is 0 Å². The van der Waals surface area contributed by atoms with Crippen LogP contribution in [0.4, 0.5) is 11.4 Å². The van der Waals surface area contributed by atoms with Crippen LogP contribution in [0, 0.1) is 0 Å². The Morgan fingerprint density at radius 2 is 1.56 bits per heavy atom. The molecule has 0 spiro atoms. The maximum atomic E-state index is 12.1. The lowest BCUT2D eigenvalue weighted by Crippen LogP contribution is -2.29. The number of anilines is 2. The number of hydrogen-bond acceptors (Lipinski definition) is 4. The molecule has 0 saturated heterocycles. The van der Waals surface area contributed by atoms with Gasteiger partial charge in [-0.3, -0.25) is 9.59 Å². The summed E-state index contributed by atoms with van der Waals surface area (Å²) in [4.78, 5) is 24.1. The highest BCUT2D eigenvalue weighted by atomic mass is 35.5. The van der Waals surface area contributed by atoms with Crippen molar-refractivity contribution in [3.05, 3.63) is 47.5 Å². The van der Waals surface area contributed by atoms with Crippen LogP contribution in [0.5, 0.6) is 11.5 Å². The molecule has 0 bridgehead atoms. The number of para-hydroxylation sites is 1. The lowest BCUT2D eigenvalue weighted by Gasteiger charge is -2.13. The Balaban J connectivity index is 2.07. The Bertz CT molecular complexity index is 764. The standard InChI is InChI=1S/C18H19ClN2O4/c1-3-24-15-10-9-12(11-16(15)25-4-2)20-17(22)18(23)21-14-8-6-5-7-13(14)19/h5-11H,3-4H2,1-2H3,(H,20,22)(H,21,23). The average molecular weight is 363 g/mol. The van der Waals surface area contributed by atoms with Gasteiger partial charge in [-0.1, -0.05) is 23.7 Å². The van der Waals surface area contributed by atoms with Gasteiger partial charge in [-0.05, 0) is 38.1 Å². The molecule has 0 radical (unpaired) electrons. The van der Waals surface area contributed by atoms with Gasteiger partial charge in [-0.2, -0.15) is 0 Å². The van der Waals surface area contributed by atoms with E-state index in [1.54, 1.807) is 42.5 Å². The minimum absolute atomic E-state index is 0.350. The number of ether oxygens (including phenoxy) is 2. The summed E-state index contributed by atoms with van der Waals surface area (Å²) in [5, 5.41) is 5.33. The van der Waals surface area contributed by atoms with Crippen molar-refractivity contribution in [1.29, 1.82) is 0 Å². The monoisotopic (exact) mass is 362 g/mol. The van der Waals surface area contributed by atoms with Crippen LogP contribution >= 0.6 is 11.6 Å². The molecule has 0 aromatic heterocycles. The lowest BCUT2D eigenvalue weighted by atomic mass is 10.2. The summed E-state index contributed by atoms with van der Waals surface area (Å²) < 4.78 is 10.9. The minimum atomic E-state index is -0.819. The Morgan fingerprint density at radius 3 is 2.24 bits per heavy atom. The van der Waals surface area contributed by atoms with Crippen molar-refractivity contribution in [2.75, 3.05) is 23.8 Å². The van der Waals surface area contributed by atoms with E-state index in [-0.39, 0.29) is 0 Å². The summed E-state index contributed by atoms with van der Waals surface area (Å²) in [5.41, 5.74) is 0.789. The zero-order valence-corrected chi connectivity index (χ0v) is 14.7. The van der Waals surface area contributed by atoms with Crippen LogP contribution in [0.1, 0.15) is 13.8 Å². The molecule has 2 aromatic rings. The van der Waals surface area contributed by atoms with Crippen molar-refractivity contribution in [3.8, 4) is 11.5 Å². The summed E-state index contributed by atoms with van der Waals surface area (Å²) >= 11 is 5.96. The first kappa shape index (κ1) is 18.6. The maximum absolute atomic E-state index is 12.1. The Morgan fingerprint density at radius 1 is 0.920 bits per heavy atom. The normalized spacial score (nSPS) is 10.0. The lowest BCUT2D eigenvalue weighted by molar-refractivity contribution is -0.132. The number of rotatable bonds is 6. The molecule has 2 rings (SSSR count). The fraction of sp³-hybridized carbons (Fsp3) is 0.222. The number of carbonyl (C=O) groups is 2. The Labute approximate surface area is 151 Å². The van der Waals surface area contributed by atoms with E-state index in [0.717, 1.165) is 0 Å². The number of halogens is 1. The summed E-state index contributed by atoms with van der Waals surface area (Å²) in [6, 6.07) is 11.6. The van der Waals surface area contributed by atoms with Gasteiger partial charge in [0.1, 0.15) is 0 Å². The number of amides is 2. The molecule has 0 aliphatic carbocycles. The van der Waals surface area contributed by atoms with Crippen molar-refractivity contribution in [2.45, 2.75) is 13.8 Å². The third-order valence-electron chi connectivity index (χ3n) is 3.13. The average Bonchev–Trinajstić information content (AvgIpc) is 2.59. The predicted molar refractivity (Wildman–Crippen MR) is 97.5 cm³/mol. The third-order valence-corrected chi connectivity index (χ3v) is 3.46. The van der Waals surface area contributed by atoms with E-state index in [1.807, 2.05) is 13.8 Å². The topological polar surface area (TPSA) is 76.7 Å². The highest BCUT2D eigenvalue weighted by molar-refractivity contribution is 6.44. The summed E-state index contributed by atoms with van der Waals surface area (Å²) in [7, 11) is 0. The summed E-state index contributed by atoms with van der Waals surface area (Å²) in [6.07, 6.45) is 0. The van der Waals surface area contributed by atoms with Crippen molar-refractivity contribution < 1.29 is 19.1 Å². The molecule has 0 aliphatic heterocycles. The van der Waals surface area contributed by atoms with Gasteiger partial charge in [0.15, 0.2) is 11.5 Å². The zero-order chi connectivity index (χ0) is 18.2. The van der Waals surface area contributed by atoms with Gasteiger partial charge in [-0.15, -0.1) is 0 Å². The zero-order valence-electron chi connectivity index (χ0n) is 14.0. The first-order valence-electron chi connectivity index (χ1n) is 7.81. The Hall–Kier alpha value is -2.73. The van der Waals surface area contributed by atoms with Crippen LogP contribution in [-0.2, 0) is 9.59 Å². The highest BCUT2D eigenvalue weighted by Crippen LogP contribution is 2.30. The van der Waals surface area contributed by atoms with Gasteiger partial charge in [0.05, 0.1) is 23.9 Å². The molecule has 6 nitrogen and oxygen atoms in total. The van der Waals surface area contributed by atoms with E-state index in [1.165, 1.54) is 0 Å². The van der Waals surface area contributed by atoms with Crippen LogP contribution in [0.2, 0.25) is 5.02 Å². The van der Waals surface area contributed by atoms with Gasteiger partial charge in [0, 0.05) is 11.8 Å². The van der Waals surface area contributed by atoms with Crippen molar-refractivity contribution >= 4 is 34.8 Å². The quantitative estimate of drug-likeness (QED) is 0.768. The molecule has 2 N–H and O–H groups in total. The van der Waals surface area contributed by atoms with Gasteiger partial charge < -0.3 is 20.1 Å². The number of nitrogens with one attached hydrogen (secondary N) is 2. The first-order chi connectivity index (χ1) is 12.0. The van der Waals surface area contributed by atoms with Gasteiger partial charge in [0.2, 0.25) is 0 Å². The number of benzene rings is 2. The van der Waals surface area contributed by atoms with Crippen molar-refractivity contribution in [3.63, 3.8) is 0 Å². The molecular formula is C18H19ClN2O4. The van der Waals surface area contributed by atoms with E-state index in [4.69, 9.17) is 21.1 Å².